The number of fused-ring (bicyclic) bond motifs is 1. The number of carbonyl (C=O) groups excluding carboxylic acids is 2. The van der Waals surface area contributed by atoms with Gasteiger partial charge in [-0.05, 0) is 31.5 Å². The maximum atomic E-state index is 12.4. The molecule has 130 valence electrons. The highest BCUT2D eigenvalue weighted by Gasteiger charge is 2.40. The molecule has 0 bridgehead atoms. The molecule has 2 N–H and O–H groups in total. The highest BCUT2D eigenvalue weighted by molar-refractivity contribution is 6.02. The van der Waals surface area contributed by atoms with Gasteiger partial charge in [0.25, 0.3) is 11.8 Å². The van der Waals surface area contributed by atoms with Crippen LogP contribution in [0, 0.1) is 0 Å². The maximum Gasteiger partial charge on any atom is 0.254 e. The van der Waals surface area contributed by atoms with Crippen LogP contribution in [-0.4, -0.2) is 32.0 Å². The summed E-state index contributed by atoms with van der Waals surface area (Å²) in [5.74, 6) is 0.0937. The van der Waals surface area contributed by atoms with Crippen molar-refractivity contribution in [2.45, 2.75) is 19.3 Å². The highest BCUT2D eigenvalue weighted by Crippen LogP contribution is 2.45. The molecule has 1 aliphatic heterocycles. The lowest BCUT2D eigenvalue weighted by molar-refractivity contribution is 0.0955. The summed E-state index contributed by atoms with van der Waals surface area (Å²) in [5, 5.41) is 5.42. The molecular formula is C20H22N2O3. The minimum absolute atomic E-state index is 0.197. The summed E-state index contributed by atoms with van der Waals surface area (Å²) in [6.07, 6.45) is 0. The Bertz CT molecular complexity index is 817. The summed E-state index contributed by atoms with van der Waals surface area (Å²) in [5.41, 5.74) is 2.39. The first-order valence-corrected chi connectivity index (χ1v) is 8.38. The third-order valence-electron chi connectivity index (χ3n) is 4.67. The lowest BCUT2D eigenvalue weighted by Crippen LogP contribution is -2.27. The van der Waals surface area contributed by atoms with E-state index < -0.39 is 5.41 Å². The van der Waals surface area contributed by atoms with Crippen molar-refractivity contribution in [1.29, 1.82) is 0 Å². The van der Waals surface area contributed by atoms with E-state index in [1.54, 1.807) is 13.1 Å². The van der Waals surface area contributed by atoms with Crippen LogP contribution in [0.2, 0.25) is 0 Å². The molecule has 0 unspecified atom stereocenters. The summed E-state index contributed by atoms with van der Waals surface area (Å²) in [6, 6.07) is 13.4. The van der Waals surface area contributed by atoms with Gasteiger partial charge >= 0.3 is 0 Å². The summed E-state index contributed by atoms with van der Waals surface area (Å²) < 4.78 is 5.92. The summed E-state index contributed by atoms with van der Waals surface area (Å²) in [6.45, 7) is 4.89. The fourth-order valence-electron chi connectivity index (χ4n) is 3.23. The Kier molecular flexibility index (Phi) is 4.49. The second-order valence-corrected chi connectivity index (χ2v) is 6.33. The largest absolute Gasteiger partial charge is 0.491 e. The first kappa shape index (κ1) is 17.0. The number of rotatable bonds is 4. The van der Waals surface area contributed by atoms with Gasteiger partial charge in [-0.1, -0.05) is 30.3 Å². The minimum Gasteiger partial charge on any atom is -0.491 e. The number of benzene rings is 2. The summed E-state index contributed by atoms with van der Waals surface area (Å²) in [7, 11) is 1.57. The SMILES string of the molecule is CCNC(=O)c1cc(C(=O)NC)c2c(c1)[C@](C)(c1ccccc1)CO2. The van der Waals surface area contributed by atoms with E-state index in [0.717, 1.165) is 11.1 Å². The van der Waals surface area contributed by atoms with Gasteiger partial charge in [0.15, 0.2) is 0 Å². The van der Waals surface area contributed by atoms with Crippen molar-refractivity contribution in [2.75, 3.05) is 20.2 Å². The van der Waals surface area contributed by atoms with Crippen molar-refractivity contribution in [3.8, 4) is 5.75 Å². The van der Waals surface area contributed by atoms with Crippen LogP contribution < -0.4 is 15.4 Å². The molecule has 1 heterocycles. The molecule has 0 saturated heterocycles. The van der Waals surface area contributed by atoms with E-state index in [0.29, 0.717) is 30.0 Å². The molecule has 2 aromatic carbocycles. The zero-order chi connectivity index (χ0) is 18.0. The quantitative estimate of drug-likeness (QED) is 0.900. The third-order valence-corrected chi connectivity index (χ3v) is 4.67. The van der Waals surface area contributed by atoms with Crippen molar-refractivity contribution >= 4 is 11.8 Å². The average molecular weight is 338 g/mol. The van der Waals surface area contributed by atoms with E-state index in [2.05, 4.69) is 17.6 Å². The van der Waals surface area contributed by atoms with Crippen molar-refractivity contribution in [2.24, 2.45) is 0 Å². The Morgan fingerprint density at radius 1 is 1.16 bits per heavy atom. The Morgan fingerprint density at radius 2 is 1.88 bits per heavy atom. The molecule has 25 heavy (non-hydrogen) atoms. The maximum absolute atomic E-state index is 12.4. The van der Waals surface area contributed by atoms with Crippen LogP contribution in [0.5, 0.6) is 5.75 Å². The highest BCUT2D eigenvalue weighted by atomic mass is 16.5. The minimum atomic E-state index is -0.415. The van der Waals surface area contributed by atoms with Crippen molar-refractivity contribution in [3.63, 3.8) is 0 Å². The van der Waals surface area contributed by atoms with Gasteiger partial charge in [-0.15, -0.1) is 0 Å². The second-order valence-electron chi connectivity index (χ2n) is 6.33. The Labute approximate surface area is 147 Å². The van der Waals surface area contributed by atoms with E-state index >= 15 is 0 Å². The van der Waals surface area contributed by atoms with Gasteiger partial charge in [-0.3, -0.25) is 9.59 Å². The molecular weight excluding hydrogens is 316 g/mol. The Balaban J connectivity index is 2.19. The number of hydrogen-bond donors (Lipinski definition) is 2. The van der Waals surface area contributed by atoms with Gasteiger partial charge in [-0.25, -0.2) is 0 Å². The van der Waals surface area contributed by atoms with Gasteiger partial charge in [0.1, 0.15) is 12.4 Å². The van der Waals surface area contributed by atoms with E-state index in [1.165, 1.54) is 0 Å². The molecule has 5 nitrogen and oxygen atoms in total. The van der Waals surface area contributed by atoms with Gasteiger partial charge in [-0.2, -0.15) is 0 Å². The smallest absolute Gasteiger partial charge is 0.254 e. The number of ether oxygens (including phenoxy) is 1. The van der Waals surface area contributed by atoms with E-state index in [9.17, 15) is 9.59 Å². The van der Waals surface area contributed by atoms with Gasteiger partial charge in [0, 0.05) is 24.7 Å². The number of amides is 2. The number of nitrogens with one attached hydrogen (secondary N) is 2. The lowest BCUT2D eigenvalue weighted by atomic mass is 9.77. The van der Waals surface area contributed by atoms with Crippen molar-refractivity contribution in [3.05, 3.63) is 64.7 Å². The normalized spacial score (nSPS) is 18.2. The number of carbonyl (C=O) groups is 2. The van der Waals surface area contributed by atoms with Gasteiger partial charge in [0.05, 0.1) is 11.0 Å². The van der Waals surface area contributed by atoms with Gasteiger partial charge in [0.2, 0.25) is 0 Å². The topological polar surface area (TPSA) is 67.4 Å². The predicted octanol–water partition coefficient (Wildman–Crippen LogP) is 2.49. The van der Waals surface area contributed by atoms with Crippen LogP contribution in [0.25, 0.3) is 0 Å². The average Bonchev–Trinajstić information content (AvgIpc) is 2.99. The predicted molar refractivity (Wildman–Crippen MR) is 96.2 cm³/mol. The molecule has 1 aliphatic rings. The van der Waals surface area contributed by atoms with Gasteiger partial charge < -0.3 is 15.4 Å². The van der Waals surface area contributed by atoms with Crippen molar-refractivity contribution < 1.29 is 14.3 Å². The molecule has 3 rings (SSSR count). The zero-order valence-electron chi connectivity index (χ0n) is 14.7. The molecule has 0 saturated carbocycles. The fraction of sp³-hybridized carbons (Fsp3) is 0.300. The fourth-order valence-corrected chi connectivity index (χ4v) is 3.23. The van der Waals surface area contributed by atoms with E-state index in [1.807, 2.05) is 43.3 Å². The van der Waals surface area contributed by atoms with Crippen LogP contribution in [0.3, 0.4) is 0 Å². The van der Waals surface area contributed by atoms with Crippen LogP contribution >= 0.6 is 0 Å². The number of hydrogen-bond acceptors (Lipinski definition) is 3. The van der Waals surface area contributed by atoms with E-state index in [-0.39, 0.29) is 11.8 Å². The Hall–Kier alpha value is -2.82. The van der Waals surface area contributed by atoms with Crippen molar-refractivity contribution in [1.82, 2.24) is 10.6 Å². The molecule has 2 amide bonds. The van der Waals surface area contributed by atoms with Crippen LogP contribution in [0.4, 0.5) is 0 Å². The van der Waals surface area contributed by atoms with Crippen LogP contribution in [0.1, 0.15) is 45.7 Å². The molecule has 0 radical (unpaired) electrons. The molecule has 1 atom stereocenters. The molecule has 0 aromatic heterocycles. The first-order valence-electron chi connectivity index (χ1n) is 8.38. The molecule has 0 aliphatic carbocycles. The summed E-state index contributed by atoms with van der Waals surface area (Å²) in [4.78, 5) is 24.7. The van der Waals surface area contributed by atoms with Crippen LogP contribution in [-0.2, 0) is 5.41 Å². The monoisotopic (exact) mass is 338 g/mol. The zero-order valence-corrected chi connectivity index (χ0v) is 14.7. The van der Waals surface area contributed by atoms with E-state index in [4.69, 9.17) is 4.74 Å². The Morgan fingerprint density at radius 3 is 2.52 bits per heavy atom. The lowest BCUT2D eigenvalue weighted by Gasteiger charge is -2.24. The molecule has 5 heteroatoms. The molecule has 0 fully saturated rings. The first-order chi connectivity index (χ1) is 12.0. The third kappa shape index (κ3) is 2.86. The standard InChI is InChI=1S/C20H22N2O3/c1-4-22-18(23)13-10-15(19(24)21-3)17-16(11-13)20(2,12-25-17)14-8-6-5-7-9-14/h5-11H,4,12H2,1-3H3,(H,21,24)(H,22,23)/t20-/m0/s1. The second kappa shape index (κ2) is 6.59. The summed E-state index contributed by atoms with van der Waals surface area (Å²) >= 11 is 0. The molecule has 2 aromatic rings. The molecule has 0 spiro atoms. The van der Waals surface area contributed by atoms with Crippen LogP contribution in [0.15, 0.2) is 42.5 Å².